The SMILES string of the molecule is O=C(N[C@H]1CC[C@H](CN2C(=O)C3(CN(c4cccnc4[N+](=O)[O-])C3)c3ccc(F)cc32)CC1)c1cc(Cl)cnc1C(F)F. The van der Waals surface area contributed by atoms with Gasteiger partial charge >= 0.3 is 5.82 Å². The highest BCUT2D eigenvalue weighted by atomic mass is 35.5. The molecule has 10 nitrogen and oxygen atoms in total. The minimum atomic E-state index is -2.93. The molecular weight excluding hydrogens is 589 g/mol. The van der Waals surface area contributed by atoms with Crippen molar-refractivity contribution >= 4 is 40.6 Å². The number of benzene rings is 1. The molecule has 1 N–H and O–H groups in total. The van der Waals surface area contributed by atoms with Gasteiger partial charge in [0.2, 0.25) is 5.91 Å². The average molecular weight is 615 g/mol. The van der Waals surface area contributed by atoms with Gasteiger partial charge in [0.05, 0.1) is 16.3 Å². The zero-order valence-electron chi connectivity index (χ0n) is 22.7. The smallest absolute Gasteiger partial charge is 0.362 e. The van der Waals surface area contributed by atoms with Crippen molar-refractivity contribution in [2.75, 3.05) is 29.4 Å². The summed E-state index contributed by atoms with van der Waals surface area (Å²) in [7, 11) is 0. The third kappa shape index (κ3) is 5.15. The minimum Gasteiger partial charge on any atom is -0.362 e. The summed E-state index contributed by atoms with van der Waals surface area (Å²) in [6.45, 7) is 0.745. The summed E-state index contributed by atoms with van der Waals surface area (Å²) in [5, 5.41) is 14.4. The van der Waals surface area contributed by atoms with E-state index >= 15 is 0 Å². The lowest BCUT2D eigenvalue weighted by molar-refractivity contribution is -0.388. The number of amides is 2. The highest BCUT2D eigenvalue weighted by Gasteiger charge is 2.59. The quantitative estimate of drug-likeness (QED) is 0.286. The molecule has 2 fully saturated rings. The first-order valence-corrected chi connectivity index (χ1v) is 14.2. The zero-order chi connectivity index (χ0) is 30.5. The van der Waals surface area contributed by atoms with Crippen LogP contribution in [-0.2, 0) is 10.2 Å². The maximum absolute atomic E-state index is 14.4. The topological polar surface area (TPSA) is 122 Å². The number of hydrogen-bond acceptors (Lipinski definition) is 7. The highest BCUT2D eigenvalue weighted by molar-refractivity contribution is 6.30. The van der Waals surface area contributed by atoms with Crippen LogP contribution in [0.15, 0.2) is 48.8 Å². The molecule has 3 aromatic rings. The first kappa shape index (κ1) is 28.8. The summed E-state index contributed by atoms with van der Waals surface area (Å²) in [6, 6.07) is 8.39. The Morgan fingerprint density at radius 1 is 1.14 bits per heavy atom. The monoisotopic (exact) mass is 614 g/mol. The van der Waals surface area contributed by atoms with Crippen LogP contribution < -0.4 is 15.1 Å². The number of hydrogen-bond donors (Lipinski definition) is 1. The lowest BCUT2D eigenvalue weighted by Gasteiger charge is -2.47. The predicted molar refractivity (Wildman–Crippen MR) is 151 cm³/mol. The van der Waals surface area contributed by atoms with E-state index in [1.165, 1.54) is 24.4 Å². The van der Waals surface area contributed by atoms with Gasteiger partial charge in [0.15, 0.2) is 0 Å². The molecule has 1 spiro atoms. The van der Waals surface area contributed by atoms with Gasteiger partial charge in [0.1, 0.15) is 28.8 Å². The molecule has 3 aliphatic rings. The predicted octanol–water partition coefficient (Wildman–Crippen LogP) is 5.21. The lowest BCUT2D eigenvalue weighted by atomic mass is 9.74. The normalized spacial score (nSPS) is 20.7. The van der Waals surface area contributed by atoms with Crippen LogP contribution in [-0.4, -0.2) is 52.4 Å². The van der Waals surface area contributed by atoms with Crippen LogP contribution in [0.3, 0.4) is 0 Å². The van der Waals surface area contributed by atoms with E-state index in [1.54, 1.807) is 28.0 Å². The number of pyridine rings is 2. The molecule has 1 aromatic carbocycles. The molecule has 2 aliphatic heterocycles. The molecule has 0 atom stereocenters. The number of aromatic nitrogens is 2. The van der Waals surface area contributed by atoms with Gasteiger partial charge in [0.25, 0.3) is 12.3 Å². The van der Waals surface area contributed by atoms with E-state index in [0.29, 0.717) is 49.2 Å². The first-order valence-electron chi connectivity index (χ1n) is 13.8. The fraction of sp³-hybridized carbons (Fsp3) is 0.379. The number of rotatable bonds is 7. The number of nitrogens with one attached hydrogen (secondary N) is 1. The number of fused-ring (bicyclic) bond motifs is 2. The van der Waals surface area contributed by atoms with E-state index < -0.39 is 34.2 Å². The Labute approximate surface area is 249 Å². The van der Waals surface area contributed by atoms with Crippen molar-refractivity contribution in [2.45, 2.75) is 43.6 Å². The standard InChI is InChI=1S/C29H26ClF3N6O4/c30-17-10-20(24(25(32)33)35-12-17)27(40)36-19-6-3-16(4-7-19)13-38-23-11-18(31)5-8-21(23)29(28(38)41)14-37(15-29)22-2-1-9-34-26(22)39(42)43/h1-2,5,8-12,16,19,25H,3-4,6-7,13-15H2,(H,36,40)/t16-,19-. The van der Waals surface area contributed by atoms with E-state index in [4.69, 9.17) is 11.6 Å². The third-order valence-corrected chi connectivity index (χ3v) is 8.79. The minimum absolute atomic E-state index is 0.0587. The molecule has 2 amide bonds. The van der Waals surface area contributed by atoms with Crippen LogP contribution in [0.5, 0.6) is 0 Å². The molecule has 14 heteroatoms. The molecule has 2 aromatic heterocycles. The second kappa shape index (κ2) is 11.1. The number of carbonyl (C=O) groups is 2. The molecule has 4 heterocycles. The summed E-state index contributed by atoms with van der Waals surface area (Å²) >= 11 is 5.88. The van der Waals surface area contributed by atoms with E-state index in [2.05, 4.69) is 15.3 Å². The van der Waals surface area contributed by atoms with Crippen molar-refractivity contribution in [1.29, 1.82) is 0 Å². The van der Waals surface area contributed by atoms with E-state index in [9.17, 15) is 32.9 Å². The van der Waals surface area contributed by atoms with Crippen molar-refractivity contribution < 1.29 is 27.7 Å². The van der Waals surface area contributed by atoms with Crippen LogP contribution >= 0.6 is 11.6 Å². The average Bonchev–Trinajstić information content (AvgIpc) is 3.19. The van der Waals surface area contributed by atoms with Crippen molar-refractivity contribution in [3.63, 3.8) is 0 Å². The molecule has 43 heavy (non-hydrogen) atoms. The van der Waals surface area contributed by atoms with Crippen LogP contribution in [0.25, 0.3) is 0 Å². The van der Waals surface area contributed by atoms with Crippen LogP contribution in [0.2, 0.25) is 5.02 Å². The lowest BCUT2D eigenvalue weighted by Crippen LogP contribution is -2.64. The molecule has 1 saturated heterocycles. The Hall–Kier alpha value is -4.26. The summed E-state index contributed by atoms with van der Waals surface area (Å²) in [5.74, 6) is -1.56. The maximum Gasteiger partial charge on any atom is 0.387 e. The number of anilines is 2. The molecule has 0 unspecified atom stereocenters. The van der Waals surface area contributed by atoms with E-state index in [0.717, 1.165) is 6.20 Å². The third-order valence-electron chi connectivity index (χ3n) is 8.58. The van der Waals surface area contributed by atoms with Gasteiger partial charge in [-0.15, -0.1) is 0 Å². The van der Waals surface area contributed by atoms with Crippen LogP contribution in [0.4, 0.5) is 30.4 Å². The Bertz CT molecular complexity index is 1610. The van der Waals surface area contributed by atoms with E-state index in [1.807, 2.05) is 0 Å². The number of halogens is 4. The molecule has 6 rings (SSSR count). The molecular formula is C29H26ClF3N6O4. The Morgan fingerprint density at radius 2 is 1.88 bits per heavy atom. The van der Waals surface area contributed by atoms with E-state index in [-0.39, 0.29) is 47.4 Å². The van der Waals surface area contributed by atoms with Gasteiger partial charge in [-0.25, -0.2) is 13.2 Å². The van der Waals surface area contributed by atoms with Crippen LogP contribution in [0.1, 0.15) is 53.7 Å². The summed E-state index contributed by atoms with van der Waals surface area (Å²) in [5.41, 5.74) is -0.340. The number of nitro groups is 1. The fourth-order valence-electron chi connectivity index (χ4n) is 6.47. The Balaban J connectivity index is 1.13. The number of alkyl halides is 2. The Morgan fingerprint density at radius 3 is 2.58 bits per heavy atom. The molecule has 224 valence electrons. The summed E-state index contributed by atoms with van der Waals surface area (Å²) in [6.07, 6.45) is 1.91. The summed E-state index contributed by atoms with van der Waals surface area (Å²) in [4.78, 5) is 48.5. The van der Waals surface area contributed by atoms with Gasteiger partial charge in [-0.3, -0.25) is 14.6 Å². The molecule has 0 radical (unpaired) electrons. The van der Waals surface area contributed by atoms with Crippen molar-refractivity contribution in [2.24, 2.45) is 5.92 Å². The van der Waals surface area contributed by atoms with Gasteiger partial charge in [0, 0.05) is 31.9 Å². The molecule has 1 aliphatic carbocycles. The van der Waals surface area contributed by atoms with Gasteiger partial charge < -0.3 is 25.2 Å². The second-order valence-electron chi connectivity index (χ2n) is 11.2. The van der Waals surface area contributed by atoms with Gasteiger partial charge in [-0.05, 0) is 77.4 Å². The van der Waals surface area contributed by atoms with Gasteiger partial charge in [-0.2, -0.15) is 0 Å². The van der Waals surface area contributed by atoms with Crippen molar-refractivity contribution in [1.82, 2.24) is 15.3 Å². The maximum atomic E-state index is 14.4. The Kier molecular flexibility index (Phi) is 7.45. The number of nitrogens with zero attached hydrogens (tertiary/aromatic N) is 5. The number of carbonyl (C=O) groups excluding carboxylic acids is 2. The van der Waals surface area contributed by atoms with Crippen molar-refractivity contribution in [3.8, 4) is 0 Å². The second-order valence-corrected chi connectivity index (χ2v) is 11.6. The fourth-order valence-corrected chi connectivity index (χ4v) is 6.63. The zero-order valence-corrected chi connectivity index (χ0v) is 23.4. The van der Waals surface area contributed by atoms with Gasteiger partial charge in [-0.1, -0.05) is 17.7 Å². The molecule has 0 bridgehead atoms. The molecule has 1 saturated carbocycles. The highest BCUT2D eigenvalue weighted by Crippen LogP contribution is 2.50. The van der Waals surface area contributed by atoms with Crippen molar-refractivity contribution in [3.05, 3.63) is 86.6 Å². The van der Waals surface area contributed by atoms with Crippen LogP contribution in [0, 0.1) is 21.8 Å². The summed E-state index contributed by atoms with van der Waals surface area (Å²) < 4.78 is 41.1. The largest absolute Gasteiger partial charge is 0.387 e. The first-order chi connectivity index (χ1) is 20.6.